The van der Waals surface area contributed by atoms with Crippen LogP contribution in [0.3, 0.4) is 0 Å². The highest BCUT2D eigenvalue weighted by atomic mass is 16.5. The summed E-state index contributed by atoms with van der Waals surface area (Å²) in [7, 11) is 1.69. The zero-order chi connectivity index (χ0) is 10.8. The highest BCUT2D eigenvalue weighted by Gasteiger charge is 2.10. The summed E-state index contributed by atoms with van der Waals surface area (Å²) in [6.07, 6.45) is 2.10. The van der Waals surface area contributed by atoms with Crippen molar-refractivity contribution < 1.29 is 4.74 Å². The van der Waals surface area contributed by atoms with Crippen LogP contribution in [0, 0.1) is 0 Å². The molecule has 1 aromatic carbocycles. The molecule has 0 bridgehead atoms. The SMILES string of the molecule is CCn1cc(CN)c2c(OC)cccc21. The van der Waals surface area contributed by atoms with Crippen LogP contribution in [0.1, 0.15) is 12.5 Å². The normalized spacial score (nSPS) is 10.9. The number of fused-ring (bicyclic) bond motifs is 1. The van der Waals surface area contributed by atoms with Gasteiger partial charge in [-0.2, -0.15) is 0 Å². The number of aryl methyl sites for hydroxylation is 1. The van der Waals surface area contributed by atoms with E-state index in [4.69, 9.17) is 10.5 Å². The Morgan fingerprint density at radius 2 is 2.20 bits per heavy atom. The Morgan fingerprint density at radius 1 is 1.40 bits per heavy atom. The molecule has 0 spiro atoms. The number of nitrogens with zero attached hydrogens (tertiary/aromatic N) is 1. The topological polar surface area (TPSA) is 40.2 Å². The zero-order valence-corrected chi connectivity index (χ0v) is 9.16. The van der Waals surface area contributed by atoms with Crippen LogP contribution in [0.25, 0.3) is 10.9 Å². The van der Waals surface area contributed by atoms with E-state index in [1.807, 2.05) is 12.1 Å². The van der Waals surface area contributed by atoms with E-state index in [1.54, 1.807) is 7.11 Å². The molecule has 0 atom stereocenters. The molecule has 0 radical (unpaired) electrons. The van der Waals surface area contributed by atoms with Gasteiger partial charge in [-0.15, -0.1) is 0 Å². The van der Waals surface area contributed by atoms with Gasteiger partial charge in [-0.25, -0.2) is 0 Å². The van der Waals surface area contributed by atoms with Crippen molar-refractivity contribution in [1.29, 1.82) is 0 Å². The molecular formula is C12H16N2O. The highest BCUT2D eigenvalue weighted by Crippen LogP contribution is 2.30. The summed E-state index contributed by atoms with van der Waals surface area (Å²) in [4.78, 5) is 0. The predicted molar refractivity (Wildman–Crippen MR) is 62.1 cm³/mol. The van der Waals surface area contributed by atoms with Gasteiger partial charge in [-0.1, -0.05) is 6.07 Å². The predicted octanol–water partition coefficient (Wildman–Crippen LogP) is 2.13. The molecule has 2 aromatic rings. The van der Waals surface area contributed by atoms with Gasteiger partial charge in [0, 0.05) is 24.7 Å². The zero-order valence-electron chi connectivity index (χ0n) is 9.16. The Morgan fingerprint density at radius 3 is 2.80 bits per heavy atom. The van der Waals surface area contributed by atoms with Crippen molar-refractivity contribution >= 4 is 10.9 Å². The minimum absolute atomic E-state index is 0.546. The summed E-state index contributed by atoms with van der Waals surface area (Å²) < 4.78 is 7.55. The summed E-state index contributed by atoms with van der Waals surface area (Å²) in [6, 6.07) is 6.08. The van der Waals surface area contributed by atoms with E-state index in [0.717, 1.165) is 23.2 Å². The number of hydrogen-bond donors (Lipinski definition) is 1. The van der Waals surface area contributed by atoms with Gasteiger partial charge in [0.25, 0.3) is 0 Å². The van der Waals surface area contributed by atoms with Crippen LogP contribution in [-0.2, 0) is 13.1 Å². The number of nitrogens with two attached hydrogens (primary N) is 1. The van der Waals surface area contributed by atoms with Gasteiger partial charge in [0.1, 0.15) is 5.75 Å². The lowest BCUT2D eigenvalue weighted by molar-refractivity contribution is 0.419. The molecule has 15 heavy (non-hydrogen) atoms. The van der Waals surface area contributed by atoms with Crippen molar-refractivity contribution in [3.63, 3.8) is 0 Å². The van der Waals surface area contributed by atoms with E-state index < -0.39 is 0 Å². The molecular weight excluding hydrogens is 188 g/mol. The maximum absolute atomic E-state index is 5.74. The molecule has 2 N–H and O–H groups in total. The molecule has 0 fully saturated rings. The van der Waals surface area contributed by atoms with Crippen LogP contribution in [-0.4, -0.2) is 11.7 Å². The minimum Gasteiger partial charge on any atom is -0.496 e. The average Bonchev–Trinajstić information content (AvgIpc) is 2.66. The summed E-state index contributed by atoms with van der Waals surface area (Å²) in [5.41, 5.74) is 8.07. The van der Waals surface area contributed by atoms with E-state index >= 15 is 0 Å². The summed E-state index contributed by atoms with van der Waals surface area (Å²) in [6.45, 7) is 3.62. The standard InChI is InChI=1S/C12H16N2O/c1-3-14-8-9(7-13)12-10(14)5-4-6-11(12)15-2/h4-6,8H,3,7,13H2,1-2H3. The number of rotatable bonds is 3. The maximum atomic E-state index is 5.74. The summed E-state index contributed by atoms with van der Waals surface area (Å²) in [5, 5.41) is 1.14. The first kappa shape index (κ1) is 10.1. The Bertz CT molecular complexity index is 474. The number of benzene rings is 1. The molecule has 1 aromatic heterocycles. The van der Waals surface area contributed by atoms with Crippen molar-refractivity contribution in [2.45, 2.75) is 20.0 Å². The van der Waals surface area contributed by atoms with E-state index in [0.29, 0.717) is 6.54 Å². The number of methoxy groups -OCH3 is 1. The minimum atomic E-state index is 0.546. The molecule has 80 valence electrons. The lowest BCUT2D eigenvalue weighted by atomic mass is 10.1. The third kappa shape index (κ3) is 1.49. The molecule has 1 heterocycles. The van der Waals surface area contributed by atoms with Gasteiger partial charge in [-0.3, -0.25) is 0 Å². The third-order valence-corrected chi connectivity index (χ3v) is 2.73. The second-order valence-corrected chi connectivity index (χ2v) is 3.50. The van der Waals surface area contributed by atoms with Crippen LogP contribution >= 0.6 is 0 Å². The first-order valence-electron chi connectivity index (χ1n) is 5.16. The Kier molecular flexibility index (Phi) is 2.64. The van der Waals surface area contributed by atoms with Gasteiger partial charge in [0.2, 0.25) is 0 Å². The van der Waals surface area contributed by atoms with Gasteiger partial charge >= 0.3 is 0 Å². The van der Waals surface area contributed by atoms with Crippen LogP contribution in [0.4, 0.5) is 0 Å². The third-order valence-electron chi connectivity index (χ3n) is 2.73. The van der Waals surface area contributed by atoms with E-state index in [1.165, 1.54) is 5.52 Å². The Balaban J connectivity index is 2.78. The lowest BCUT2D eigenvalue weighted by Crippen LogP contribution is -1.95. The fraction of sp³-hybridized carbons (Fsp3) is 0.333. The van der Waals surface area contributed by atoms with Crippen molar-refractivity contribution in [3.8, 4) is 5.75 Å². The molecule has 2 rings (SSSR count). The van der Waals surface area contributed by atoms with E-state index in [-0.39, 0.29) is 0 Å². The molecule has 0 amide bonds. The van der Waals surface area contributed by atoms with Crippen LogP contribution in [0.2, 0.25) is 0 Å². The van der Waals surface area contributed by atoms with Gasteiger partial charge < -0.3 is 15.0 Å². The van der Waals surface area contributed by atoms with Gasteiger partial charge in [0.05, 0.1) is 12.6 Å². The van der Waals surface area contributed by atoms with Crippen LogP contribution < -0.4 is 10.5 Å². The molecule has 0 unspecified atom stereocenters. The quantitative estimate of drug-likeness (QED) is 0.832. The van der Waals surface area contributed by atoms with Crippen LogP contribution in [0.5, 0.6) is 5.75 Å². The molecule has 3 heteroatoms. The smallest absolute Gasteiger partial charge is 0.128 e. The second kappa shape index (κ2) is 3.95. The number of ether oxygens (including phenoxy) is 1. The molecule has 0 saturated heterocycles. The van der Waals surface area contributed by atoms with Crippen molar-refractivity contribution in [1.82, 2.24) is 4.57 Å². The number of aromatic nitrogens is 1. The molecule has 0 aliphatic rings. The maximum Gasteiger partial charge on any atom is 0.128 e. The molecule has 0 saturated carbocycles. The second-order valence-electron chi connectivity index (χ2n) is 3.50. The molecule has 3 nitrogen and oxygen atoms in total. The summed E-state index contributed by atoms with van der Waals surface area (Å²) in [5.74, 6) is 0.903. The summed E-state index contributed by atoms with van der Waals surface area (Å²) >= 11 is 0. The number of hydrogen-bond acceptors (Lipinski definition) is 2. The molecule has 0 aliphatic carbocycles. The lowest BCUT2D eigenvalue weighted by Gasteiger charge is -2.04. The van der Waals surface area contributed by atoms with E-state index in [2.05, 4.69) is 23.8 Å². The monoisotopic (exact) mass is 204 g/mol. The van der Waals surface area contributed by atoms with Crippen molar-refractivity contribution in [2.24, 2.45) is 5.73 Å². The fourth-order valence-corrected chi connectivity index (χ4v) is 1.99. The average molecular weight is 204 g/mol. The molecule has 0 aliphatic heterocycles. The van der Waals surface area contributed by atoms with Gasteiger partial charge in [-0.05, 0) is 24.6 Å². The first-order chi connectivity index (χ1) is 7.31. The Labute approximate surface area is 89.4 Å². The van der Waals surface area contributed by atoms with E-state index in [9.17, 15) is 0 Å². The Hall–Kier alpha value is -1.48. The van der Waals surface area contributed by atoms with Crippen molar-refractivity contribution in [2.75, 3.05) is 7.11 Å². The first-order valence-corrected chi connectivity index (χ1v) is 5.16. The van der Waals surface area contributed by atoms with Crippen LogP contribution in [0.15, 0.2) is 24.4 Å². The largest absolute Gasteiger partial charge is 0.496 e. The van der Waals surface area contributed by atoms with Crippen molar-refractivity contribution in [3.05, 3.63) is 30.0 Å². The van der Waals surface area contributed by atoms with Gasteiger partial charge in [0.15, 0.2) is 0 Å². The fourth-order valence-electron chi connectivity index (χ4n) is 1.99. The highest BCUT2D eigenvalue weighted by molar-refractivity contribution is 5.90.